The summed E-state index contributed by atoms with van der Waals surface area (Å²) in [5, 5.41) is 0.234. The number of nitrogens with zero attached hydrogens (tertiary/aromatic N) is 1. The molecule has 1 aliphatic heterocycles. The van der Waals surface area contributed by atoms with E-state index >= 15 is 0 Å². The molecule has 2 aromatic rings. The van der Waals surface area contributed by atoms with Gasteiger partial charge in [-0.3, -0.25) is 0 Å². The summed E-state index contributed by atoms with van der Waals surface area (Å²) in [5.41, 5.74) is 0.734. The van der Waals surface area contributed by atoms with Crippen molar-refractivity contribution in [2.75, 3.05) is 26.3 Å². The van der Waals surface area contributed by atoms with Crippen molar-refractivity contribution in [3.63, 3.8) is 0 Å². The van der Waals surface area contributed by atoms with Gasteiger partial charge in [-0.25, -0.2) is 17.6 Å². The molecule has 1 heterocycles. The van der Waals surface area contributed by atoms with E-state index in [4.69, 9.17) is 21.1 Å². The Morgan fingerprint density at radius 2 is 1.89 bits per heavy atom. The Morgan fingerprint density at radius 1 is 1.19 bits per heavy atom. The van der Waals surface area contributed by atoms with Crippen LogP contribution < -0.4 is 4.74 Å². The van der Waals surface area contributed by atoms with Crippen molar-refractivity contribution in [3.05, 3.63) is 58.4 Å². The molecule has 1 fully saturated rings. The third kappa shape index (κ3) is 4.30. The highest BCUT2D eigenvalue weighted by Crippen LogP contribution is 2.27. The maximum atomic E-state index is 14.2. The van der Waals surface area contributed by atoms with Crippen LogP contribution in [0.1, 0.15) is 15.9 Å². The van der Waals surface area contributed by atoms with Gasteiger partial charge in [-0.1, -0.05) is 17.7 Å². The van der Waals surface area contributed by atoms with Crippen LogP contribution in [0.4, 0.5) is 4.39 Å². The van der Waals surface area contributed by atoms with Gasteiger partial charge < -0.3 is 9.47 Å². The second kappa shape index (κ2) is 7.93. The van der Waals surface area contributed by atoms with Crippen molar-refractivity contribution >= 4 is 27.6 Å². The number of aryl methyl sites for hydroxylation is 1. The molecule has 0 N–H and O–H groups in total. The van der Waals surface area contributed by atoms with Gasteiger partial charge in [-0.15, -0.1) is 0 Å². The van der Waals surface area contributed by atoms with Gasteiger partial charge in [-0.05, 0) is 42.8 Å². The Morgan fingerprint density at radius 3 is 2.59 bits per heavy atom. The van der Waals surface area contributed by atoms with Crippen LogP contribution in [0.25, 0.3) is 0 Å². The molecular weight excluding hydrogens is 397 g/mol. The van der Waals surface area contributed by atoms with E-state index in [0.29, 0.717) is 0 Å². The van der Waals surface area contributed by atoms with E-state index in [2.05, 4.69) is 0 Å². The average Bonchev–Trinajstić information content (AvgIpc) is 2.65. The van der Waals surface area contributed by atoms with Crippen molar-refractivity contribution in [3.8, 4) is 5.75 Å². The van der Waals surface area contributed by atoms with Crippen LogP contribution >= 0.6 is 11.6 Å². The number of benzene rings is 2. The standard InChI is InChI=1S/C18H17ClFNO5S/c1-12-2-4-14(19)16(10-12)26-18(22)13-3-5-15(20)17(11-13)27(23,24)21-6-8-25-9-7-21/h2-5,10-11H,6-9H2,1H3. The Bertz CT molecular complexity index is 974. The summed E-state index contributed by atoms with van der Waals surface area (Å²) in [6.07, 6.45) is 0. The largest absolute Gasteiger partial charge is 0.421 e. The summed E-state index contributed by atoms with van der Waals surface area (Å²) < 4.78 is 51.1. The zero-order valence-electron chi connectivity index (χ0n) is 14.4. The average molecular weight is 414 g/mol. The third-order valence-electron chi connectivity index (χ3n) is 4.04. The number of carbonyl (C=O) groups excluding carboxylic acids is 1. The van der Waals surface area contributed by atoms with Gasteiger partial charge in [0.2, 0.25) is 10.0 Å². The van der Waals surface area contributed by atoms with Gasteiger partial charge >= 0.3 is 5.97 Å². The normalized spacial score (nSPS) is 15.5. The Hall–Kier alpha value is -2.00. The third-order valence-corrected chi connectivity index (χ3v) is 6.27. The second-order valence-electron chi connectivity index (χ2n) is 5.99. The minimum Gasteiger partial charge on any atom is -0.421 e. The number of hydrogen-bond donors (Lipinski definition) is 0. The molecule has 0 unspecified atom stereocenters. The molecule has 1 aliphatic rings. The highest BCUT2D eigenvalue weighted by molar-refractivity contribution is 7.89. The molecule has 6 nitrogen and oxygen atoms in total. The van der Waals surface area contributed by atoms with Gasteiger partial charge in [0.05, 0.1) is 23.8 Å². The van der Waals surface area contributed by atoms with Crippen molar-refractivity contribution in [2.24, 2.45) is 0 Å². The number of morpholine rings is 1. The van der Waals surface area contributed by atoms with Crippen LogP contribution in [0.3, 0.4) is 0 Å². The van der Waals surface area contributed by atoms with Gasteiger partial charge in [-0.2, -0.15) is 4.31 Å². The predicted octanol–water partition coefficient (Wildman–Crippen LogP) is 3.03. The number of carbonyl (C=O) groups is 1. The maximum absolute atomic E-state index is 14.2. The van der Waals surface area contributed by atoms with E-state index < -0.39 is 26.7 Å². The fraction of sp³-hybridized carbons (Fsp3) is 0.278. The van der Waals surface area contributed by atoms with E-state index in [1.165, 1.54) is 6.07 Å². The summed E-state index contributed by atoms with van der Waals surface area (Å²) >= 11 is 6.01. The Labute approximate surface area is 161 Å². The Balaban J connectivity index is 1.90. The lowest BCUT2D eigenvalue weighted by molar-refractivity contribution is 0.0726. The van der Waals surface area contributed by atoms with Crippen LogP contribution in [0, 0.1) is 12.7 Å². The van der Waals surface area contributed by atoms with Crippen molar-refractivity contribution in [1.82, 2.24) is 4.31 Å². The van der Waals surface area contributed by atoms with Gasteiger partial charge in [0.1, 0.15) is 16.5 Å². The topological polar surface area (TPSA) is 72.9 Å². The number of rotatable bonds is 4. The van der Waals surface area contributed by atoms with Crippen molar-refractivity contribution in [2.45, 2.75) is 11.8 Å². The van der Waals surface area contributed by atoms with E-state index in [1.54, 1.807) is 25.1 Å². The number of halogens is 2. The second-order valence-corrected chi connectivity index (χ2v) is 8.30. The molecule has 144 valence electrons. The minimum absolute atomic E-state index is 0.0965. The lowest BCUT2D eigenvalue weighted by Gasteiger charge is -2.26. The summed E-state index contributed by atoms with van der Waals surface area (Å²) in [4.78, 5) is 11.8. The lowest BCUT2D eigenvalue weighted by Crippen LogP contribution is -2.41. The van der Waals surface area contributed by atoms with Crippen molar-refractivity contribution in [1.29, 1.82) is 0 Å². The summed E-state index contributed by atoms with van der Waals surface area (Å²) in [6, 6.07) is 7.99. The van der Waals surface area contributed by atoms with E-state index in [9.17, 15) is 17.6 Å². The van der Waals surface area contributed by atoms with Crippen LogP contribution in [-0.2, 0) is 14.8 Å². The summed E-state index contributed by atoms with van der Waals surface area (Å²) in [7, 11) is -4.09. The van der Waals surface area contributed by atoms with E-state index in [1.807, 2.05) is 0 Å². The summed E-state index contributed by atoms with van der Waals surface area (Å²) in [6.45, 7) is 2.51. The molecule has 0 bridgehead atoms. The zero-order chi connectivity index (χ0) is 19.6. The minimum atomic E-state index is -4.09. The monoisotopic (exact) mass is 413 g/mol. The van der Waals surface area contributed by atoms with Crippen molar-refractivity contribution < 1.29 is 27.1 Å². The van der Waals surface area contributed by atoms with E-state index in [0.717, 1.165) is 22.0 Å². The fourth-order valence-corrected chi connectivity index (χ4v) is 4.26. The van der Waals surface area contributed by atoms with Crippen LogP contribution in [0.2, 0.25) is 5.02 Å². The molecule has 0 saturated carbocycles. The molecule has 1 saturated heterocycles. The summed E-state index contributed by atoms with van der Waals surface area (Å²) in [5.74, 6) is -1.63. The van der Waals surface area contributed by atoms with Gasteiger partial charge in [0.25, 0.3) is 0 Å². The molecule has 0 radical (unpaired) electrons. The highest BCUT2D eigenvalue weighted by Gasteiger charge is 2.30. The SMILES string of the molecule is Cc1ccc(Cl)c(OC(=O)c2ccc(F)c(S(=O)(=O)N3CCOCC3)c2)c1. The molecule has 0 spiro atoms. The first-order chi connectivity index (χ1) is 12.8. The molecule has 0 amide bonds. The first kappa shape index (κ1) is 19.8. The van der Waals surface area contributed by atoms with Crippen LogP contribution in [-0.4, -0.2) is 45.0 Å². The Kier molecular flexibility index (Phi) is 5.81. The predicted molar refractivity (Wildman–Crippen MR) is 97.1 cm³/mol. The van der Waals surface area contributed by atoms with Gasteiger partial charge in [0, 0.05) is 13.1 Å². The number of sulfonamides is 1. The molecule has 3 rings (SSSR count). The first-order valence-corrected chi connectivity index (χ1v) is 9.96. The lowest BCUT2D eigenvalue weighted by atomic mass is 10.2. The first-order valence-electron chi connectivity index (χ1n) is 8.15. The molecule has 27 heavy (non-hydrogen) atoms. The molecule has 0 atom stereocenters. The smallest absolute Gasteiger partial charge is 0.343 e. The fourth-order valence-electron chi connectivity index (χ4n) is 2.60. The number of esters is 1. The van der Waals surface area contributed by atoms with E-state index in [-0.39, 0.29) is 42.6 Å². The number of ether oxygens (including phenoxy) is 2. The number of hydrogen-bond acceptors (Lipinski definition) is 5. The van der Waals surface area contributed by atoms with Crippen LogP contribution in [0.5, 0.6) is 5.75 Å². The zero-order valence-corrected chi connectivity index (χ0v) is 16.0. The molecule has 0 aliphatic carbocycles. The highest BCUT2D eigenvalue weighted by atomic mass is 35.5. The maximum Gasteiger partial charge on any atom is 0.343 e. The quantitative estimate of drug-likeness (QED) is 0.569. The molecular formula is C18H17ClFNO5S. The molecule has 2 aromatic carbocycles. The van der Waals surface area contributed by atoms with Crippen LogP contribution in [0.15, 0.2) is 41.3 Å². The van der Waals surface area contributed by atoms with Gasteiger partial charge in [0.15, 0.2) is 0 Å². The molecule has 9 heteroatoms. The molecule has 0 aromatic heterocycles.